The molecule has 4 rings (SSSR count). The highest BCUT2D eigenvalue weighted by Crippen LogP contribution is 2.61. The molecule has 0 saturated heterocycles. The van der Waals surface area contributed by atoms with Gasteiger partial charge in [-0.25, -0.2) is 0 Å². The standard InChI is InChI=1S/C32H40P2/c1-24(2)33(25(3)4)32(23-26(5)27-15-12-13-16-27)30-21-14-22-31(30)34(28-17-8-6-9-18-28)29-19-10-7-11-20-29/h6-22,24-27,30,32H,23H2,1-5H3/t26-,30?,32-/m1/s1. The third-order valence-corrected chi connectivity index (χ3v) is 13.5. The number of benzene rings is 2. The molecular weight excluding hydrogens is 446 g/mol. The summed E-state index contributed by atoms with van der Waals surface area (Å²) in [7, 11) is -0.660. The van der Waals surface area contributed by atoms with E-state index in [-0.39, 0.29) is 7.92 Å². The predicted octanol–water partition coefficient (Wildman–Crippen LogP) is 8.62. The Kier molecular flexibility index (Phi) is 8.80. The molecule has 2 aromatic rings. The van der Waals surface area contributed by atoms with Gasteiger partial charge in [0.2, 0.25) is 0 Å². The summed E-state index contributed by atoms with van der Waals surface area (Å²) in [4.78, 5) is 0. The molecule has 0 spiro atoms. The molecule has 1 unspecified atom stereocenters. The predicted molar refractivity (Wildman–Crippen MR) is 156 cm³/mol. The maximum Gasteiger partial charge on any atom is 0.00996 e. The highest BCUT2D eigenvalue weighted by atomic mass is 31.1. The largest absolute Gasteiger partial charge is 0.0973 e. The van der Waals surface area contributed by atoms with Crippen molar-refractivity contribution in [3.63, 3.8) is 0 Å². The van der Waals surface area contributed by atoms with Gasteiger partial charge in [-0.3, -0.25) is 0 Å². The van der Waals surface area contributed by atoms with Crippen molar-refractivity contribution in [1.82, 2.24) is 0 Å². The Morgan fingerprint density at radius 1 is 0.676 bits per heavy atom. The summed E-state index contributed by atoms with van der Waals surface area (Å²) in [5, 5.41) is 4.59. The van der Waals surface area contributed by atoms with E-state index < -0.39 is 7.92 Å². The maximum absolute atomic E-state index is 2.55. The van der Waals surface area contributed by atoms with Crippen LogP contribution in [-0.4, -0.2) is 17.0 Å². The molecule has 0 saturated carbocycles. The molecule has 0 aromatic heterocycles. The van der Waals surface area contributed by atoms with Crippen molar-refractivity contribution in [3.05, 3.63) is 109 Å². The van der Waals surface area contributed by atoms with E-state index in [2.05, 4.69) is 138 Å². The van der Waals surface area contributed by atoms with Crippen molar-refractivity contribution in [2.24, 2.45) is 17.8 Å². The van der Waals surface area contributed by atoms with Gasteiger partial charge in [0.1, 0.15) is 0 Å². The van der Waals surface area contributed by atoms with Gasteiger partial charge in [-0.15, -0.1) is 0 Å². The van der Waals surface area contributed by atoms with E-state index in [1.54, 1.807) is 5.31 Å². The maximum atomic E-state index is 2.55. The molecule has 0 radical (unpaired) electrons. The average molecular weight is 487 g/mol. The van der Waals surface area contributed by atoms with E-state index in [0.717, 1.165) is 11.3 Å². The summed E-state index contributed by atoms with van der Waals surface area (Å²) in [5.74, 6) is 1.78. The average Bonchev–Trinajstić information content (AvgIpc) is 3.53. The van der Waals surface area contributed by atoms with Crippen molar-refractivity contribution in [2.45, 2.75) is 58.0 Å². The Morgan fingerprint density at radius 2 is 1.21 bits per heavy atom. The summed E-state index contributed by atoms with van der Waals surface area (Å²) >= 11 is 0. The Labute approximate surface area is 210 Å². The first-order valence-electron chi connectivity index (χ1n) is 12.9. The first-order valence-corrected chi connectivity index (χ1v) is 15.8. The smallest absolute Gasteiger partial charge is 0.00996 e. The van der Waals surface area contributed by atoms with Crippen LogP contribution in [0.1, 0.15) is 41.0 Å². The number of hydrogen-bond donors (Lipinski definition) is 0. The van der Waals surface area contributed by atoms with Crippen LogP contribution in [0.3, 0.4) is 0 Å². The molecule has 2 aliphatic rings. The van der Waals surface area contributed by atoms with Crippen molar-refractivity contribution in [2.75, 3.05) is 0 Å². The van der Waals surface area contributed by atoms with Gasteiger partial charge in [-0.1, -0.05) is 146 Å². The molecule has 0 N–H and O–H groups in total. The lowest BCUT2D eigenvalue weighted by Crippen LogP contribution is -2.29. The molecular formula is C32H40P2. The highest BCUT2D eigenvalue weighted by molar-refractivity contribution is 7.76. The summed E-state index contributed by atoms with van der Waals surface area (Å²) in [6.45, 7) is 12.4. The fraction of sp³-hybridized carbons (Fsp3) is 0.375. The van der Waals surface area contributed by atoms with Crippen LogP contribution in [-0.2, 0) is 0 Å². The third-order valence-electron chi connectivity index (χ3n) is 7.25. The fourth-order valence-electron chi connectivity index (χ4n) is 5.82. The van der Waals surface area contributed by atoms with Crippen LogP contribution in [0.4, 0.5) is 0 Å². The van der Waals surface area contributed by atoms with Gasteiger partial charge in [0.15, 0.2) is 0 Å². The third kappa shape index (κ3) is 5.73. The number of allylic oxidation sites excluding steroid dienone is 8. The van der Waals surface area contributed by atoms with Crippen LogP contribution in [0, 0.1) is 17.8 Å². The molecule has 34 heavy (non-hydrogen) atoms. The van der Waals surface area contributed by atoms with Crippen LogP contribution >= 0.6 is 15.8 Å². The molecule has 0 bridgehead atoms. The SMILES string of the molecule is CC(C)P(C(C)C)[C@H](C[C@@H](C)C1C=CC=C1)C1C=CC=C1P(c1ccccc1)c1ccccc1. The van der Waals surface area contributed by atoms with Crippen LogP contribution < -0.4 is 10.6 Å². The highest BCUT2D eigenvalue weighted by Gasteiger charge is 2.38. The minimum Gasteiger partial charge on any atom is -0.0973 e. The van der Waals surface area contributed by atoms with E-state index in [1.165, 1.54) is 17.0 Å². The van der Waals surface area contributed by atoms with Crippen LogP contribution in [0.25, 0.3) is 0 Å². The zero-order valence-electron chi connectivity index (χ0n) is 21.4. The van der Waals surface area contributed by atoms with Gasteiger partial charge in [0.05, 0.1) is 0 Å². The van der Waals surface area contributed by atoms with Crippen molar-refractivity contribution < 1.29 is 0 Å². The molecule has 2 aliphatic carbocycles. The second-order valence-corrected chi connectivity index (χ2v) is 16.1. The zero-order chi connectivity index (χ0) is 24.1. The topological polar surface area (TPSA) is 0 Å². The van der Waals surface area contributed by atoms with Gasteiger partial charge >= 0.3 is 0 Å². The lowest BCUT2D eigenvalue weighted by atomic mass is 9.88. The Hall–Kier alpha value is -1.74. The molecule has 0 nitrogen and oxygen atoms in total. The van der Waals surface area contributed by atoms with E-state index >= 15 is 0 Å². The molecule has 3 atom stereocenters. The van der Waals surface area contributed by atoms with Gasteiger partial charge in [0.25, 0.3) is 0 Å². The van der Waals surface area contributed by atoms with Gasteiger partial charge in [0, 0.05) is 5.92 Å². The number of rotatable bonds is 10. The van der Waals surface area contributed by atoms with E-state index in [9.17, 15) is 0 Å². The molecule has 0 aliphatic heterocycles. The van der Waals surface area contributed by atoms with E-state index in [0.29, 0.717) is 23.4 Å². The second-order valence-electron chi connectivity index (χ2n) is 10.3. The molecule has 178 valence electrons. The normalized spacial score (nSPS) is 19.7. The molecule has 2 heteroatoms. The number of hydrogen-bond acceptors (Lipinski definition) is 0. The summed E-state index contributed by atoms with van der Waals surface area (Å²) < 4.78 is 0. The molecule has 0 amide bonds. The van der Waals surface area contributed by atoms with Crippen molar-refractivity contribution in [3.8, 4) is 0 Å². The molecule has 0 fully saturated rings. The van der Waals surface area contributed by atoms with Gasteiger partial charge in [-0.05, 0) is 59.1 Å². The summed E-state index contributed by atoms with van der Waals surface area (Å²) in [6, 6.07) is 22.5. The first kappa shape index (κ1) is 25.4. The van der Waals surface area contributed by atoms with Gasteiger partial charge in [-0.2, -0.15) is 0 Å². The first-order chi connectivity index (χ1) is 16.5. The minimum absolute atomic E-state index is 0.119. The van der Waals surface area contributed by atoms with Crippen molar-refractivity contribution in [1.29, 1.82) is 0 Å². The fourth-order valence-corrected chi connectivity index (χ4v) is 12.5. The molecule has 0 heterocycles. The zero-order valence-corrected chi connectivity index (χ0v) is 23.2. The Morgan fingerprint density at radius 3 is 1.71 bits per heavy atom. The van der Waals surface area contributed by atoms with Crippen LogP contribution in [0.2, 0.25) is 0 Å². The summed E-state index contributed by atoms with van der Waals surface area (Å²) in [5.41, 5.74) is 2.17. The monoisotopic (exact) mass is 486 g/mol. The van der Waals surface area contributed by atoms with Crippen LogP contribution in [0.15, 0.2) is 109 Å². The van der Waals surface area contributed by atoms with E-state index in [1.807, 2.05) is 0 Å². The summed E-state index contributed by atoms with van der Waals surface area (Å²) in [6.07, 6.45) is 17.9. The van der Waals surface area contributed by atoms with E-state index in [4.69, 9.17) is 0 Å². The van der Waals surface area contributed by atoms with Crippen molar-refractivity contribution >= 4 is 26.5 Å². The lowest BCUT2D eigenvalue weighted by molar-refractivity contribution is 0.435. The molecule has 2 aromatic carbocycles. The second kappa shape index (κ2) is 11.8. The Balaban J connectivity index is 1.74. The minimum atomic E-state index is -0.541. The van der Waals surface area contributed by atoms with Gasteiger partial charge < -0.3 is 0 Å². The quantitative estimate of drug-likeness (QED) is 0.295. The lowest BCUT2D eigenvalue weighted by Gasteiger charge is -2.41. The van der Waals surface area contributed by atoms with Crippen LogP contribution in [0.5, 0.6) is 0 Å². The Bertz CT molecular complexity index is 970.